The lowest BCUT2D eigenvalue weighted by Gasteiger charge is -2.15. The van der Waals surface area contributed by atoms with Crippen LogP contribution in [0.3, 0.4) is 0 Å². The molecule has 0 N–H and O–H groups in total. The van der Waals surface area contributed by atoms with Gasteiger partial charge < -0.3 is 9.47 Å². The lowest BCUT2D eigenvalue weighted by atomic mass is 10.3. The topological polar surface area (TPSA) is 52.6 Å². The molecule has 4 nitrogen and oxygen atoms in total. The van der Waals surface area contributed by atoms with E-state index >= 15 is 0 Å². The third kappa shape index (κ3) is 6.13. The number of hydrogen-bond donors (Lipinski definition) is 0. The van der Waals surface area contributed by atoms with Crippen molar-refractivity contribution in [1.29, 1.82) is 0 Å². The van der Waals surface area contributed by atoms with Crippen LogP contribution in [0.15, 0.2) is 0 Å². The summed E-state index contributed by atoms with van der Waals surface area (Å²) >= 11 is 1.72. The molecule has 0 fully saturated rings. The maximum Gasteiger partial charge on any atom is 0.490 e. The van der Waals surface area contributed by atoms with Crippen LogP contribution in [-0.2, 0) is 19.1 Å². The Morgan fingerprint density at radius 2 is 1.94 bits per heavy atom. The summed E-state index contributed by atoms with van der Waals surface area (Å²) in [6, 6.07) is 0. The quantitative estimate of drug-likeness (QED) is 0.430. The smallest absolute Gasteiger partial charge is 0.466 e. The molecule has 0 saturated carbocycles. The Hall–Kier alpha value is -0.540. The maximum atomic E-state index is 11.8. The summed E-state index contributed by atoms with van der Waals surface area (Å²) in [7, 11) is 0. The Bertz CT molecular complexity index is 254. The number of halogens is 4. The molecule has 1 unspecified atom stereocenters. The lowest BCUT2D eigenvalue weighted by Crippen LogP contribution is -2.32. The van der Waals surface area contributed by atoms with Gasteiger partial charge >= 0.3 is 18.1 Å². The van der Waals surface area contributed by atoms with E-state index in [1.54, 1.807) is 29.5 Å². The molecular weight excluding hydrogens is 344 g/mol. The fourth-order valence-electron chi connectivity index (χ4n) is 0.752. The molecular formula is C8H10F3IO4. The van der Waals surface area contributed by atoms with Gasteiger partial charge in [-0.05, 0) is 6.92 Å². The highest BCUT2D eigenvalue weighted by Crippen LogP contribution is 2.19. The molecule has 0 aliphatic rings. The van der Waals surface area contributed by atoms with Gasteiger partial charge in [0.05, 0.1) is 13.0 Å². The van der Waals surface area contributed by atoms with Gasteiger partial charge in [0.15, 0.2) is 0 Å². The Kier molecular flexibility index (Phi) is 6.68. The molecule has 0 aromatic carbocycles. The fourth-order valence-corrected chi connectivity index (χ4v) is 1.24. The van der Waals surface area contributed by atoms with Crippen molar-refractivity contribution >= 4 is 34.5 Å². The van der Waals surface area contributed by atoms with E-state index in [0.29, 0.717) is 0 Å². The highest BCUT2D eigenvalue weighted by molar-refractivity contribution is 14.1. The Morgan fingerprint density at radius 1 is 1.38 bits per heavy atom. The highest BCUT2D eigenvalue weighted by Gasteiger charge is 2.42. The molecule has 0 aliphatic carbocycles. The molecule has 0 aliphatic heterocycles. The van der Waals surface area contributed by atoms with E-state index in [1.165, 1.54) is 0 Å². The van der Waals surface area contributed by atoms with E-state index < -0.39 is 24.2 Å². The zero-order chi connectivity index (χ0) is 12.8. The number of esters is 2. The third-order valence-corrected chi connectivity index (χ3v) is 2.36. The highest BCUT2D eigenvalue weighted by atomic mass is 127. The van der Waals surface area contributed by atoms with Gasteiger partial charge in [0.25, 0.3) is 0 Å². The predicted molar refractivity (Wildman–Crippen MR) is 56.1 cm³/mol. The first-order valence-corrected chi connectivity index (χ1v) is 5.83. The molecule has 0 bridgehead atoms. The van der Waals surface area contributed by atoms with E-state index in [0.717, 1.165) is 0 Å². The van der Waals surface area contributed by atoms with E-state index in [2.05, 4.69) is 9.47 Å². The average molecular weight is 354 g/mol. The van der Waals surface area contributed by atoms with Crippen molar-refractivity contribution in [1.82, 2.24) is 0 Å². The second-order valence-corrected chi connectivity index (χ2v) is 3.57. The minimum Gasteiger partial charge on any atom is -0.466 e. The zero-order valence-corrected chi connectivity index (χ0v) is 10.5. The van der Waals surface area contributed by atoms with Crippen molar-refractivity contribution in [3.8, 4) is 0 Å². The molecule has 0 radical (unpaired) electrons. The van der Waals surface area contributed by atoms with E-state index in [-0.39, 0.29) is 17.5 Å². The van der Waals surface area contributed by atoms with Crippen LogP contribution >= 0.6 is 22.6 Å². The molecule has 8 heteroatoms. The van der Waals surface area contributed by atoms with Crippen LogP contribution in [0.1, 0.15) is 13.3 Å². The van der Waals surface area contributed by atoms with Crippen LogP contribution in [-0.4, -0.2) is 35.3 Å². The van der Waals surface area contributed by atoms with Crippen molar-refractivity contribution in [2.24, 2.45) is 0 Å². The van der Waals surface area contributed by atoms with Crippen LogP contribution in [0.25, 0.3) is 0 Å². The van der Waals surface area contributed by atoms with Gasteiger partial charge in [-0.25, -0.2) is 4.79 Å². The normalized spacial score (nSPS) is 13.1. The molecule has 1 atom stereocenters. The standard InChI is InChI=1S/C8H10F3IO4/c1-2-15-6(13)3-5(4-12)16-7(14)8(9,10)11/h5H,2-4H2,1H3. The maximum absolute atomic E-state index is 11.8. The predicted octanol–water partition coefficient (Wildman–Crippen LogP) is 1.85. The van der Waals surface area contributed by atoms with Crippen LogP contribution in [0.4, 0.5) is 13.2 Å². The van der Waals surface area contributed by atoms with E-state index in [1.807, 2.05) is 0 Å². The summed E-state index contributed by atoms with van der Waals surface area (Å²) in [5, 5.41) is 0. The zero-order valence-electron chi connectivity index (χ0n) is 8.34. The van der Waals surface area contributed by atoms with Crippen LogP contribution < -0.4 is 0 Å². The largest absolute Gasteiger partial charge is 0.490 e. The van der Waals surface area contributed by atoms with Crippen molar-refractivity contribution < 1.29 is 32.2 Å². The van der Waals surface area contributed by atoms with Gasteiger partial charge in [-0.2, -0.15) is 13.2 Å². The van der Waals surface area contributed by atoms with Crippen molar-refractivity contribution in [2.45, 2.75) is 25.6 Å². The van der Waals surface area contributed by atoms with Gasteiger partial charge in [0.1, 0.15) is 6.10 Å². The molecule has 0 rings (SSSR count). The lowest BCUT2D eigenvalue weighted by molar-refractivity contribution is -0.204. The summed E-state index contributed by atoms with van der Waals surface area (Å²) in [5.74, 6) is -2.99. The monoisotopic (exact) mass is 354 g/mol. The van der Waals surface area contributed by atoms with E-state index in [9.17, 15) is 22.8 Å². The summed E-state index contributed by atoms with van der Waals surface area (Å²) in [6.07, 6.45) is -6.54. The van der Waals surface area contributed by atoms with Crippen LogP contribution in [0, 0.1) is 0 Å². The van der Waals surface area contributed by atoms with Gasteiger partial charge in [-0.1, -0.05) is 22.6 Å². The first kappa shape index (κ1) is 15.5. The SMILES string of the molecule is CCOC(=O)CC(CI)OC(=O)C(F)(F)F. The number of ether oxygens (including phenoxy) is 2. The second-order valence-electron chi connectivity index (χ2n) is 2.69. The Labute approximate surface area is 104 Å². The molecule has 0 aromatic rings. The Balaban J connectivity index is 4.21. The number of carbonyl (C=O) groups excluding carboxylic acids is 2. The Morgan fingerprint density at radius 3 is 2.31 bits per heavy atom. The minimum atomic E-state index is -5.04. The molecule has 0 saturated heterocycles. The first-order chi connectivity index (χ1) is 7.31. The average Bonchev–Trinajstić information content (AvgIpc) is 2.15. The number of alkyl halides is 4. The summed E-state index contributed by atoms with van der Waals surface area (Å²) < 4.78 is 44.2. The summed E-state index contributed by atoms with van der Waals surface area (Å²) in [6.45, 7) is 1.69. The van der Waals surface area contributed by atoms with E-state index in [4.69, 9.17) is 0 Å². The van der Waals surface area contributed by atoms with Gasteiger partial charge in [-0.15, -0.1) is 0 Å². The second kappa shape index (κ2) is 6.92. The van der Waals surface area contributed by atoms with Gasteiger partial charge in [0, 0.05) is 4.43 Å². The third-order valence-electron chi connectivity index (χ3n) is 1.38. The van der Waals surface area contributed by atoms with Crippen molar-refractivity contribution in [3.63, 3.8) is 0 Å². The fraction of sp³-hybridized carbons (Fsp3) is 0.750. The molecule has 0 aromatic heterocycles. The first-order valence-electron chi connectivity index (χ1n) is 4.30. The molecule has 94 valence electrons. The van der Waals surface area contributed by atoms with Gasteiger partial charge in [0.2, 0.25) is 0 Å². The number of carbonyl (C=O) groups is 2. The molecule has 0 heterocycles. The number of rotatable bonds is 5. The van der Waals surface area contributed by atoms with Crippen LogP contribution in [0.2, 0.25) is 0 Å². The summed E-state index contributed by atoms with van der Waals surface area (Å²) in [5.41, 5.74) is 0. The van der Waals surface area contributed by atoms with Crippen molar-refractivity contribution in [2.75, 3.05) is 11.0 Å². The van der Waals surface area contributed by atoms with Crippen molar-refractivity contribution in [3.05, 3.63) is 0 Å². The molecule has 0 spiro atoms. The molecule has 0 amide bonds. The molecule has 16 heavy (non-hydrogen) atoms. The minimum absolute atomic E-state index is 0.0817. The summed E-state index contributed by atoms with van der Waals surface area (Å²) in [4.78, 5) is 21.4. The number of hydrogen-bond acceptors (Lipinski definition) is 4. The van der Waals surface area contributed by atoms with Gasteiger partial charge in [-0.3, -0.25) is 4.79 Å². The van der Waals surface area contributed by atoms with Crippen LogP contribution in [0.5, 0.6) is 0 Å².